The average molecular weight is 428 g/mol. The Bertz CT molecular complexity index is 298. The second kappa shape index (κ2) is 18.3. The first kappa shape index (κ1) is 28.6. The van der Waals surface area contributed by atoms with Crippen molar-refractivity contribution >= 4 is 0 Å². The van der Waals surface area contributed by atoms with Gasteiger partial charge in [0.25, 0.3) is 0 Å². The van der Waals surface area contributed by atoms with Gasteiger partial charge in [-0.1, -0.05) is 0 Å². The molecule has 11 heteroatoms. The summed E-state index contributed by atoms with van der Waals surface area (Å²) in [7, 11) is 0. The molecule has 0 bridgehead atoms. The molecule has 0 spiro atoms. The summed E-state index contributed by atoms with van der Waals surface area (Å²) >= 11 is 0. The van der Waals surface area contributed by atoms with E-state index in [1.54, 1.807) is 9.80 Å². The summed E-state index contributed by atoms with van der Waals surface area (Å²) in [4.78, 5) is 3.40. The van der Waals surface area contributed by atoms with Crippen LogP contribution in [0.15, 0.2) is 0 Å². The monoisotopic (exact) mass is 427 g/mol. The lowest BCUT2D eigenvalue weighted by Gasteiger charge is -2.35. The van der Waals surface area contributed by atoms with Gasteiger partial charge in [0.1, 0.15) is 0 Å². The lowest BCUT2D eigenvalue weighted by molar-refractivity contribution is 0.000556. The second-order valence-electron chi connectivity index (χ2n) is 7.01. The Morgan fingerprint density at radius 3 is 0.897 bits per heavy atom. The fourth-order valence-corrected chi connectivity index (χ4v) is 3.29. The maximum Gasteiger partial charge on any atom is 0.0609 e. The molecular formula is C18H41N3O8. The quantitative estimate of drug-likeness (QED) is 0.0853. The summed E-state index contributed by atoms with van der Waals surface area (Å²) in [6, 6.07) is -2.18. The van der Waals surface area contributed by atoms with Gasteiger partial charge >= 0.3 is 0 Å². The van der Waals surface area contributed by atoms with Crippen LogP contribution in [0.4, 0.5) is 0 Å². The van der Waals surface area contributed by atoms with E-state index in [1.165, 1.54) is 0 Å². The minimum atomic E-state index is -0.546. The molecular weight excluding hydrogens is 386 g/mol. The van der Waals surface area contributed by atoms with Gasteiger partial charge in [-0.05, 0) is 25.9 Å². The largest absolute Gasteiger partial charge is 0.395 e. The van der Waals surface area contributed by atoms with E-state index in [0.29, 0.717) is 39.0 Å². The summed E-state index contributed by atoms with van der Waals surface area (Å²) in [5, 5.41) is 78.2. The molecule has 0 rings (SSSR count). The number of aliphatic hydroxyl groups is 8. The molecule has 0 unspecified atom stereocenters. The van der Waals surface area contributed by atoms with E-state index >= 15 is 0 Å². The van der Waals surface area contributed by atoms with E-state index in [9.17, 15) is 40.9 Å². The first-order valence-corrected chi connectivity index (χ1v) is 10.2. The van der Waals surface area contributed by atoms with Crippen LogP contribution >= 0.6 is 0 Å². The van der Waals surface area contributed by atoms with E-state index in [-0.39, 0.29) is 52.9 Å². The second-order valence-corrected chi connectivity index (χ2v) is 7.01. The SMILES string of the molecule is OCC(CO)N(CCCNCCCN(C(CO)CO)C(CO)CO)C(CO)CO. The first-order chi connectivity index (χ1) is 14.1. The van der Waals surface area contributed by atoms with Gasteiger partial charge in [-0.2, -0.15) is 0 Å². The molecule has 0 aliphatic rings. The molecule has 0 aliphatic heterocycles. The number of rotatable bonds is 20. The van der Waals surface area contributed by atoms with Crippen LogP contribution in [0.3, 0.4) is 0 Å². The molecule has 29 heavy (non-hydrogen) atoms. The molecule has 9 N–H and O–H groups in total. The number of nitrogens with one attached hydrogen (secondary N) is 1. The Morgan fingerprint density at radius 2 is 0.690 bits per heavy atom. The molecule has 0 heterocycles. The third-order valence-electron chi connectivity index (χ3n) is 5.10. The van der Waals surface area contributed by atoms with Crippen LogP contribution in [0, 0.1) is 0 Å². The fourth-order valence-electron chi connectivity index (χ4n) is 3.29. The molecule has 0 aromatic rings. The molecule has 0 saturated carbocycles. The van der Waals surface area contributed by atoms with Gasteiger partial charge in [0.15, 0.2) is 0 Å². The van der Waals surface area contributed by atoms with E-state index in [1.807, 2.05) is 0 Å². The van der Waals surface area contributed by atoms with Crippen molar-refractivity contribution in [2.75, 3.05) is 79.0 Å². The molecule has 0 saturated heterocycles. The highest BCUT2D eigenvalue weighted by atomic mass is 16.3. The number of hydrogen-bond donors (Lipinski definition) is 9. The lowest BCUT2D eigenvalue weighted by Crippen LogP contribution is -2.51. The van der Waals surface area contributed by atoms with E-state index < -0.39 is 24.2 Å². The van der Waals surface area contributed by atoms with E-state index in [4.69, 9.17) is 0 Å². The molecule has 176 valence electrons. The topological polar surface area (TPSA) is 180 Å². The zero-order chi connectivity index (χ0) is 22.1. The molecule has 0 fully saturated rings. The third kappa shape index (κ3) is 10.4. The van der Waals surface area contributed by atoms with Crippen molar-refractivity contribution in [3.8, 4) is 0 Å². The zero-order valence-corrected chi connectivity index (χ0v) is 17.2. The number of aliphatic hydroxyl groups excluding tert-OH is 8. The fraction of sp³-hybridized carbons (Fsp3) is 1.00. The van der Waals surface area contributed by atoms with Crippen LogP contribution in [0.25, 0.3) is 0 Å². The summed E-state index contributed by atoms with van der Waals surface area (Å²) < 4.78 is 0. The van der Waals surface area contributed by atoms with Crippen molar-refractivity contribution in [2.24, 2.45) is 0 Å². The summed E-state index contributed by atoms with van der Waals surface area (Å²) in [5.74, 6) is 0. The summed E-state index contributed by atoms with van der Waals surface area (Å²) in [6.45, 7) is 0.0347. The standard InChI is InChI=1S/C18H41N3O8/c22-7-15(8-23)20(16(9-24)10-25)5-1-3-19-4-2-6-21(17(11-26)12-27)18(13-28)14-29/h15-19,22-29H,1-14H2. The Balaban J connectivity index is 4.37. The van der Waals surface area contributed by atoms with Crippen molar-refractivity contribution in [1.29, 1.82) is 0 Å². The highest BCUT2D eigenvalue weighted by Crippen LogP contribution is 2.08. The van der Waals surface area contributed by atoms with E-state index in [2.05, 4.69) is 5.32 Å². The average Bonchev–Trinajstić information content (AvgIpc) is 2.75. The molecule has 0 aromatic heterocycles. The van der Waals surface area contributed by atoms with Crippen molar-refractivity contribution in [3.63, 3.8) is 0 Å². The van der Waals surface area contributed by atoms with Crippen LogP contribution < -0.4 is 5.32 Å². The van der Waals surface area contributed by atoms with Crippen molar-refractivity contribution in [3.05, 3.63) is 0 Å². The van der Waals surface area contributed by atoms with Gasteiger partial charge in [0.2, 0.25) is 0 Å². The lowest BCUT2D eigenvalue weighted by atomic mass is 10.1. The van der Waals surface area contributed by atoms with Crippen LogP contribution in [0.2, 0.25) is 0 Å². The first-order valence-electron chi connectivity index (χ1n) is 10.2. The third-order valence-corrected chi connectivity index (χ3v) is 5.10. The predicted molar refractivity (Wildman–Crippen MR) is 107 cm³/mol. The van der Waals surface area contributed by atoms with Gasteiger partial charge in [-0.15, -0.1) is 0 Å². The Hall–Kier alpha value is -0.440. The molecule has 0 amide bonds. The minimum absolute atomic E-state index is 0.274. The summed E-state index contributed by atoms with van der Waals surface area (Å²) in [5.41, 5.74) is 0. The van der Waals surface area contributed by atoms with Gasteiger partial charge in [-0.3, -0.25) is 9.80 Å². The van der Waals surface area contributed by atoms with Crippen molar-refractivity contribution in [2.45, 2.75) is 37.0 Å². The van der Waals surface area contributed by atoms with Gasteiger partial charge < -0.3 is 46.2 Å². The molecule has 11 nitrogen and oxygen atoms in total. The van der Waals surface area contributed by atoms with Crippen molar-refractivity contribution in [1.82, 2.24) is 15.1 Å². The maximum absolute atomic E-state index is 9.38. The Kier molecular flexibility index (Phi) is 18.1. The van der Waals surface area contributed by atoms with Crippen LogP contribution in [-0.4, -0.2) is 154 Å². The highest BCUT2D eigenvalue weighted by molar-refractivity contribution is 4.79. The number of nitrogens with zero attached hydrogens (tertiary/aromatic N) is 2. The summed E-state index contributed by atoms with van der Waals surface area (Å²) in [6.07, 6.45) is 1.34. The van der Waals surface area contributed by atoms with Gasteiger partial charge in [-0.25, -0.2) is 0 Å². The zero-order valence-electron chi connectivity index (χ0n) is 17.2. The Morgan fingerprint density at radius 1 is 0.448 bits per heavy atom. The van der Waals surface area contributed by atoms with Gasteiger partial charge in [0, 0.05) is 13.1 Å². The number of hydrogen-bond acceptors (Lipinski definition) is 11. The molecule has 0 aliphatic carbocycles. The van der Waals surface area contributed by atoms with Gasteiger partial charge in [0.05, 0.1) is 77.0 Å². The molecule has 0 atom stereocenters. The van der Waals surface area contributed by atoms with E-state index in [0.717, 1.165) is 0 Å². The highest BCUT2D eigenvalue weighted by Gasteiger charge is 2.25. The predicted octanol–water partition coefficient (Wildman–Crippen LogP) is -4.63. The maximum atomic E-state index is 9.38. The molecule has 0 aromatic carbocycles. The van der Waals surface area contributed by atoms with Crippen LogP contribution in [-0.2, 0) is 0 Å². The normalized spacial score (nSPS) is 12.6. The smallest absolute Gasteiger partial charge is 0.0609 e. The minimum Gasteiger partial charge on any atom is -0.395 e. The van der Waals surface area contributed by atoms with Crippen LogP contribution in [0.5, 0.6) is 0 Å². The Labute approximate surface area is 172 Å². The van der Waals surface area contributed by atoms with Crippen molar-refractivity contribution < 1.29 is 40.9 Å². The van der Waals surface area contributed by atoms with Crippen LogP contribution in [0.1, 0.15) is 12.8 Å². The molecule has 0 radical (unpaired) electrons.